The van der Waals surface area contributed by atoms with Crippen molar-refractivity contribution >= 4 is 5.97 Å². The Morgan fingerprint density at radius 1 is 1.65 bits per heavy atom. The first-order chi connectivity index (χ1) is 8.15. The van der Waals surface area contributed by atoms with E-state index < -0.39 is 5.97 Å². The number of ether oxygens (including phenoxy) is 1. The molecule has 0 amide bonds. The van der Waals surface area contributed by atoms with Crippen molar-refractivity contribution in [2.24, 2.45) is 0 Å². The highest BCUT2D eigenvalue weighted by Gasteiger charge is 2.28. The molecule has 0 bridgehead atoms. The third-order valence-electron chi connectivity index (χ3n) is 2.87. The fourth-order valence-corrected chi connectivity index (χ4v) is 2.04. The Hall–Kier alpha value is -2.04. The van der Waals surface area contributed by atoms with Crippen LogP contribution in [-0.2, 0) is 4.74 Å². The summed E-state index contributed by atoms with van der Waals surface area (Å²) in [5.74, 6) is -0.348. The van der Waals surface area contributed by atoms with E-state index in [2.05, 4.69) is 10.2 Å². The zero-order chi connectivity index (χ0) is 12.4. The minimum absolute atomic E-state index is 0.124. The van der Waals surface area contributed by atoms with Gasteiger partial charge in [0.05, 0.1) is 18.7 Å². The summed E-state index contributed by atoms with van der Waals surface area (Å²) in [6.45, 7) is 1.70. The van der Waals surface area contributed by atoms with Crippen LogP contribution in [-0.4, -0.2) is 28.4 Å². The maximum Gasteiger partial charge on any atom is 0.339 e. The van der Waals surface area contributed by atoms with Gasteiger partial charge in [-0.05, 0) is 19.4 Å². The summed E-state index contributed by atoms with van der Waals surface area (Å²) >= 11 is 0. The summed E-state index contributed by atoms with van der Waals surface area (Å²) in [4.78, 5) is 11.2. The molecule has 2 rings (SSSR count). The Kier molecular flexibility index (Phi) is 2.99. The van der Waals surface area contributed by atoms with Crippen LogP contribution in [0.2, 0.25) is 0 Å². The molecule has 17 heavy (non-hydrogen) atoms. The number of rotatable bonds is 3. The molecule has 90 valence electrons. The van der Waals surface area contributed by atoms with E-state index in [0.29, 0.717) is 17.8 Å². The van der Waals surface area contributed by atoms with Gasteiger partial charge in [-0.15, -0.1) is 0 Å². The van der Waals surface area contributed by atoms with Crippen LogP contribution in [0.5, 0.6) is 0 Å². The topological polar surface area (TPSA) is 75.2 Å². The largest absolute Gasteiger partial charge is 0.500 e. The monoisotopic (exact) mass is 234 g/mol. The van der Waals surface area contributed by atoms with E-state index in [-0.39, 0.29) is 11.5 Å². The highest BCUT2D eigenvalue weighted by molar-refractivity contribution is 5.90. The van der Waals surface area contributed by atoms with Crippen LogP contribution in [0.3, 0.4) is 0 Å². The van der Waals surface area contributed by atoms with Crippen molar-refractivity contribution in [2.75, 3.05) is 7.11 Å². The molecule has 0 saturated heterocycles. The van der Waals surface area contributed by atoms with Gasteiger partial charge >= 0.3 is 5.97 Å². The minimum Gasteiger partial charge on any atom is -0.500 e. The number of carbonyl (C=O) groups is 1. The number of allylic oxidation sites excluding steroid dienone is 4. The number of hydrogen-bond acceptors (Lipinski definition) is 3. The van der Waals surface area contributed by atoms with E-state index in [0.717, 1.165) is 5.76 Å². The summed E-state index contributed by atoms with van der Waals surface area (Å²) < 4.78 is 5.27. The van der Waals surface area contributed by atoms with E-state index >= 15 is 0 Å². The van der Waals surface area contributed by atoms with Crippen LogP contribution >= 0.6 is 0 Å². The first-order valence-electron chi connectivity index (χ1n) is 5.34. The molecule has 0 aromatic carbocycles. The fraction of sp³-hybridized carbons (Fsp3) is 0.333. The smallest absolute Gasteiger partial charge is 0.339 e. The lowest BCUT2D eigenvalue weighted by atomic mass is 9.92. The second kappa shape index (κ2) is 4.45. The normalized spacial score (nSPS) is 18.9. The first-order valence-corrected chi connectivity index (χ1v) is 5.34. The van der Waals surface area contributed by atoms with Crippen LogP contribution in [0.25, 0.3) is 0 Å². The number of hydrogen-bond donors (Lipinski definition) is 2. The SMILES string of the molecule is COC1=CC=CCC1c1n[nH]c(C)c1C(=O)O. The molecule has 0 fully saturated rings. The molecule has 0 aliphatic heterocycles. The lowest BCUT2D eigenvalue weighted by Crippen LogP contribution is -2.11. The van der Waals surface area contributed by atoms with Crippen molar-refractivity contribution in [3.63, 3.8) is 0 Å². The van der Waals surface area contributed by atoms with Crippen LogP contribution in [0, 0.1) is 6.92 Å². The van der Waals surface area contributed by atoms with Crippen molar-refractivity contribution in [1.29, 1.82) is 0 Å². The van der Waals surface area contributed by atoms with Crippen LogP contribution in [0.1, 0.15) is 34.1 Å². The predicted molar refractivity (Wildman–Crippen MR) is 61.9 cm³/mol. The second-order valence-electron chi connectivity index (χ2n) is 3.90. The van der Waals surface area contributed by atoms with Crippen molar-refractivity contribution in [1.82, 2.24) is 10.2 Å². The zero-order valence-corrected chi connectivity index (χ0v) is 9.73. The Morgan fingerprint density at radius 3 is 3.06 bits per heavy atom. The van der Waals surface area contributed by atoms with Gasteiger partial charge in [-0.3, -0.25) is 5.10 Å². The number of carboxylic acid groups (broad SMARTS) is 1. The molecule has 1 atom stereocenters. The summed E-state index contributed by atoms with van der Waals surface area (Å²) in [5.41, 5.74) is 1.35. The van der Waals surface area contributed by atoms with E-state index in [9.17, 15) is 9.90 Å². The molecule has 2 N–H and O–H groups in total. The third kappa shape index (κ3) is 1.95. The van der Waals surface area contributed by atoms with Gasteiger partial charge in [0.25, 0.3) is 0 Å². The number of methoxy groups -OCH3 is 1. The quantitative estimate of drug-likeness (QED) is 0.838. The van der Waals surface area contributed by atoms with Crippen molar-refractivity contribution in [3.05, 3.63) is 40.9 Å². The highest BCUT2D eigenvalue weighted by atomic mass is 16.5. The van der Waals surface area contributed by atoms with Gasteiger partial charge in [0.1, 0.15) is 11.3 Å². The first kappa shape index (κ1) is 11.4. The number of aromatic amines is 1. The Morgan fingerprint density at radius 2 is 2.41 bits per heavy atom. The number of aromatic nitrogens is 2. The van der Waals surface area contributed by atoms with Gasteiger partial charge in [-0.1, -0.05) is 12.2 Å². The number of nitrogens with one attached hydrogen (secondary N) is 1. The molecule has 0 radical (unpaired) electrons. The fourth-order valence-electron chi connectivity index (χ4n) is 2.04. The highest BCUT2D eigenvalue weighted by Crippen LogP contribution is 2.33. The number of H-pyrrole nitrogens is 1. The molecular formula is C12H14N2O3. The molecule has 0 spiro atoms. The van der Waals surface area contributed by atoms with Gasteiger partial charge in [0, 0.05) is 5.69 Å². The zero-order valence-electron chi connectivity index (χ0n) is 9.73. The van der Waals surface area contributed by atoms with Crippen molar-refractivity contribution in [3.8, 4) is 0 Å². The predicted octanol–water partition coefficient (Wildman–Crippen LogP) is 1.99. The number of aryl methyl sites for hydroxylation is 1. The molecule has 0 saturated carbocycles. The third-order valence-corrected chi connectivity index (χ3v) is 2.87. The van der Waals surface area contributed by atoms with Gasteiger partial charge < -0.3 is 9.84 Å². The van der Waals surface area contributed by atoms with Gasteiger partial charge in [-0.2, -0.15) is 5.10 Å². The maximum absolute atomic E-state index is 11.2. The van der Waals surface area contributed by atoms with Gasteiger partial charge in [0.2, 0.25) is 0 Å². The summed E-state index contributed by atoms with van der Waals surface area (Å²) in [6.07, 6.45) is 6.41. The molecule has 5 nitrogen and oxygen atoms in total. The number of carboxylic acids is 1. The Balaban J connectivity index is 2.44. The van der Waals surface area contributed by atoms with E-state index in [1.165, 1.54) is 0 Å². The van der Waals surface area contributed by atoms with Crippen LogP contribution < -0.4 is 0 Å². The van der Waals surface area contributed by atoms with E-state index in [1.807, 2.05) is 18.2 Å². The van der Waals surface area contributed by atoms with E-state index in [1.54, 1.807) is 14.0 Å². The maximum atomic E-state index is 11.2. The number of nitrogens with zero attached hydrogens (tertiary/aromatic N) is 1. The molecule has 1 heterocycles. The van der Waals surface area contributed by atoms with Crippen molar-refractivity contribution in [2.45, 2.75) is 19.3 Å². The van der Waals surface area contributed by atoms with Crippen LogP contribution in [0.15, 0.2) is 24.0 Å². The molecular weight excluding hydrogens is 220 g/mol. The summed E-state index contributed by atoms with van der Waals surface area (Å²) in [6, 6.07) is 0. The molecule has 1 aromatic rings. The lowest BCUT2D eigenvalue weighted by Gasteiger charge is -2.19. The molecule has 1 aliphatic carbocycles. The molecule has 1 aliphatic rings. The average molecular weight is 234 g/mol. The Bertz CT molecular complexity index is 500. The average Bonchev–Trinajstić information content (AvgIpc) is 2.71. The molecule has 5 heteroatoms. The Labute approximate surface area is 98.8 Å². The summed E-state index contributed by atoms with van der Waals surface area (Å²) in [5, 5.41) is 16.0. The van der Waals surface area contributed by atoms with Gasteiger partial charge in [0.15, 0.2) is 0 Å². The summed E-state index contributed by atoms with van der Waals surface area (Å²) in [7, 11) is 1.58. The van der Waals surface area contributed by atoms with Gasteiger partial charge in [-0.25, -0.2) is 4.79 Å². The molecule has 1 unspecified atom stereocenters. The second-order valence-corrected chi connectivity index (χ2v) is 3.90. The standard InChI is InChI=1S/C12H14N2O3/c1-7-10(12(15)16)11(14-13-7)8-5-3-4-6-9(8)17-2/h3-4,6,8H,5H2,1-2H3,(H,13,14)(H,15,16). The van der Waals surface area contributed by atoms with E-state index in [4.69, 9.17) is 4.74 Å². The van der Waals surface area contributed by atoms with Crippen LogP contribution in [0.4, 0.5) is 0 Å². The number of aromatic carboxylic acids is 1. The minimum atomic E-state index is -0.962. The lowest BCUT2D eigenvalue weighted by molar-refractivity contribution is 0.0694. The van der Waals surface area contributed by atoms with Crippen molar-refractivity contribution < 1.29 is 14.6 Å². The molecule has 1 aromatic heterocycles.